The molecular weight excluding hydrogens is 368 g/mol. The molecule has 0 radical (unpaired) electrons. The molecule has 0 bridgehead atoms. The van der Waals surface area contributed by atoms with Gasteiger partial charge in [-0.3, -0.25) is 0 Å². The lowest BCUT2D eigenvalue weighted by molar-refractivity contribution is -0.131. The highest BCUT2D eigenvalue weighted by Crippen LogP contribution is 2.36. The first-order chi connectivity index (χ1) is 8.43. The third kappa shape index (κ3) is 4.34. The lowest BCUT2D eigenvalue weighted by Gasteiger charge is -2.11. The van der Waals surface area contributed by atoms with E-state index < -0.39 is 5.97 Å². The van der Waals surface area contributed by atoms with Gasteiger partial charge in [-0.25, -0.2) is 4.79 Å². The van der Waals surface area contributed by atoms with E-state index in [9.17, 15) is 4.79 Å². The highest BCUT2D eigenvalue weighted by molar-refractivity contribution is 9.11. The Hall–Kier alpha value is -1.01. The van der Waals surface area contributed by atoms with Crippen LogP contribution in [0.15, 0.2) is 32.7 Å². The molecule has 0 fully saturated rings. The normalized spacial score (nSPS) is 11.2. The quantitative estimate of drug-likeness (QED) is 0.793. The van der Waals surface area contributed by atoms with Gasteiger partial charge in [-0.15, -0.1) is 0 Å². The molecule has 0 saturated carbocycles. The number of halogens is 2. The second-order valence-electron chi connectivity index (χ2n) is 3.53. The summed E-state index contributed by atoms with van der Waals surface area (Å²) < 4.78 is 12.2. The number of methoxy groups -OCH3 is 1. The van der Waals surface area contributed by atoms with E-state index in [2.05, 4.69) is 31.9 Å². The van der Waals surface area contributed by atoms with Gasteiger partial charge in [0.25, 0.3) is 0 Å². The minimum Gasteiger partial charge on any atom is -0.496 e. The molecule has 18 heavy (non-hydrogen) atoms. The molecule has 98 valence electrons. The SMILES string of the molecule is COc1cc(Br)c(OCC(C)=CC(=O)O)cc1Br. The van der Waals surface area contributed by atoms with Crippen molar-refractivity contribution < 1.29 is 19.4 Å². The van der Waals surface area contributed by atoms with Gasteiger partial charge in [0.15, 0.2) is 0 Å². The van der Waals surface area contributed by atoms with E-state index in [1.54, 1.807) is 26.2 Å². The van der Waals surface area contributed by atoms with E-state index >= 15 is 0 Å². The number of rotatable bonds is 5. The summed E-state index contributed by atoms with van der Waals surface area (Å²) in [5, 5.41) is 8.58. The molecule has 0 aliphatic carbocycles. The molecule has 1 aromatic rings. The van der Waals surface area contributed by atoms with Crippen molar-refractivity contribution in [3.05, 3.63) is 32.7 Å². The Balaban J connectivity index is 2.80. The smallest absolute Gasteiger partial charge is 0.328 e. The molecule has 0 amide bonds. The zero-order valence-corrected chi connectivity index (χ0v) is 13.0. The van der Waals surface area contributed by atoms with E-state index in [1.807, 2.05) is 0 Å². The van der Waals surface area contributed by atoms with Crippen LogP contribution in [0, 0.1) is 0 Å². The van der Waals surface area contributed by atoms with Crippen molar-refractivity contribution in [2.24, 2.45) is 0 Å². The Labute approximate surface area is 122 Å². The molecule has 6 heteroatoms. The predicted molar refractivity (Wildman–Crippen MR) is 75.3 cm³/mol. The maximum atomic E-state index is 10.5. The molecule has 1 N–H and O–H groups in total. The van der Waals surface area contributed by atoms with E-state index in [0.717, 1.165) is 15.0 Å². The van der Waals surface area contributed by atoms with Crippen molar-refractivity contribution in [3.63, 3.8) is 0 Å². The second kappa shape index (κ2) is 6.80. The van der Waals surface area contributed by atoms with Crippen LogP contribution in [-0.2, 0) is 4.79 Å². The number of ether oxygens (including phenoxy) is 2. The van der Waals surface area contributed by atoms with Crippen molar-refractivity contribution in [2.45, 2.75) is 6.92 Å². The summed E-state index contributed by atoms with van der Waals surface area (Å²) in [7, 11) is 1.58. The summed E-state index contributed by atoms with van der Waals surface area (Å²) in [5.41, 5.74) is 0.626. The predicted octanol–water partition coefficient (Wildman–Crippen LogP) is 3.63. The fraction of sp³-hybridized carbons (Fsp3) is 0.250. The largest absolute Gasteiger partial charge is 0.496 e. The average Bonchev–Trinajstić information content (AvgIpc) is 2.28. The van der Waals surface area contributed by atoms with Crippen LogP contribution in [0.25, 0.3) is 0 Å². The summed E-state index contributed by atoms with van der Waals surface area (Å²) in [4.78, 5) is 10.5. The molecular formula is C12H12Br2O4. The Morgan fingerprint density at radius 2 is 1.89 bits per heavy atom. The first-order valence-electron chi connectivity index (χ1n) is 5.00. The fourth-order valence-corrected chi connectivity index (χ4v) is 2.14. The minimum atomic E-state index is -0.980. The van der Waals surface area contributed by atoms with Crippen LogP contribution in [0.3, 0.4) is 0 Å². The number of carbonyl (C=O) groups is 1. The molecule has 0 unspecified atom stereocenters. The summed E-state index contributed by atoms with van der Waals surface area (Å²) >= 11 is 6.72. The summed E-state index contributed by atoms with van der Waals surface area (Å²) in [6.07, 6.45) is 1.12. The van der Waals surface area contributed by atoms with Crippen molar-refractivity contribution in [1.29, 1.82) is 0 Å². The van der Waals surface area contributed by atoms with E-state index in [1.165, 1.54) is 0 Å². The number of carboxylic acids is 1. The Morgan fingerprint density at radius 3 is 2.44 bits per heavy atom. The topological polar surface area (TPSA) is 55.8 Å². The van der Waals surface area contributed by atoms with Gasteiger partial charge in [0.2, 0.25) is 0 Å². The summed E-state index contributed by atoms with van der Waals surface area (Å²) in [6, 6.07) is 3.53. The zero-order chi connectivity index (χ0) is 13.7. The highest BCUT2D eigenvalue weighted by atomic mass is 79.9. The lowest BCUT2D eigenvalue weighted by Crippen LogP contribution is -2.02. The molecule has 0 spiro atoms. The van der Waals surface area contributed by atoms with Gasteiger partial charge in [0.05, 0.1) is 16.1 Å². The molecule has 0 saturated heterocycles. The monoisotopic (exact) mass is 378 g/mol. The van der Waals surface area contributed by atoms with Crippen LogP contribution < -0.4 is 9.47 Å². The minimum absolute atomic E-state index is 0.212. The summed E-state index contributed by atoms with van der Waals surface area (Å²) in [6.45, 7) is 1.91. The maximum Gasteiger partial charge on any atom is 0.328 e. The van der Waals surface area contributed by atoms with Crippen LogP contribution in [0.1, 0.15) is 6.92 Å². The molecule has 0 aromatic heterocycles. The third-order valence-corrected chi connectivity index (χ3v) is 3.27. The molecule has 0 aliphatic rings. The van der Waals surface area contributed by atoms with Crippen molar-refractivity contribution in [2.75, 3.05) is 13.7 Å². The fourth-order valence-electron chi connectivity index (χ4n) is 1.22. The van der Waals surface area contributed by atoms with Crippen LogP contribution in [0.4, 0.5) is 0 Å². The van der Waals surface area contributed by atoms with Crippen molar-refractivity contribution in [1.82, 2.24) is 0 Å². The number of benzene rings is 1. The van der Waals surface area contributed by atoms with E-state index in [0.29, 0.717) is 17.1 Å². The number of hydrogen-bond acceptors (Lipinski definition) is 3. The van der Waals surface area contributed by atoms with Crippen molar-refractivity contribution >= 4 is 37.8 Å². The Kier molecular flexibility index (Phi) is 5.68. The molecule has 0 heterocycles. The van der Waals surface area contributed by atoms with Gasteiger partial charge in [-0.2, -0.15) is 0 Å². The highest BCUT2D eigenvalue weighted by Gasteiger charge is 2.08. The Bertz CT molecular complexity index is 483. The average molecular weight is 380 g/mol. The van der Waals surface area contributed by atoms with E-state index in [-0.39, 0.29) is 6.61 Å². The molecule has 0 aliphatic heterocycles. The molecule has 1 rings (SSSR count). The lowest BCUT2D eigenvalue weighted by atomic mass is 10.3. The first-order valence-corrected chi connectivity index (χ1v) is 6.58. The second-order valence-corrected chi connectivity index (χ2v) is 5.24. The number of hydrogen-bond donors (Lipinski definition) is 1. The van der Waals surface area contributed by atoms with Gasteiger partial charge in [0, 0.05) is 6.08 Å². The summed E-state index contributed by atoms with van der Waals surface area (Å²) in [5.74, 6) is 0.318. The van der Waals surface area contributed by atoms with Gasteiger partial charge < -0.3 is 14.6 Å². The Morgan fingerprint density at radius 1 is 1.33 bits per heavy atom. The molecule has 0 atom stereocenters. The van der Waals surface area contributed by atoms with Gasteiger partial charge in [0.1, 0.15) is 18.1 Å². The molecule has 4 nitrogen and oxygen atoms in total. The van der Waals surface area contributed by atoms with Gasteiger partial charge >= 0.3 is 5.97 Å². The molecule has 1 aromatic carbocycles. The maximum absolute atomic E-state index is 10.5. The van der Waals surface area contributed by atoms with E-state index in [4.69, 9.17) is 14.6 Å². The first kappa shape index (κ1) is 15.0. The van der Waals surface area contributed by atoms with Gasteiger partial charge in [-0.05, 0) is 56.5 Å². The van der Waals surface area contributed by atoms with Crippen LogP contribution in [0.2, 0.25) is 0 Å². The third-order valence-electron chi connectivity index (χ3n) is 2.03. The van der Waals surface area contributed by atoms with Crippen molar-refractivity contribution in [3.8, 4) is 11.5 Å². The van der Waals surface area contributed by atoms with Crippen LogP contribution in [0.5, 0.6) is 11.5 Å². The van der Waals surface area contributed by atoms with Crippen LogP contribution >= 0.6 is 31.9 Å². The zero-order valence-electron chi connectivity index (χ0n) is 9.87. The van der Waals surface area contributed by atoms with Crippen LogP contribution in [-0.4, -0.2) is 24.8 Å². The number of carboxylic acid groups (broad SMARTS) is 1. The van der Waals surface area contributed by atoms with Gasteiger partial charge in [-0.1, -0.05) is 0 Å². The number of aliphatic carboxylic acids is 1. The standard InChI is InChI=1S/C12H12Br2O4/c1-7(3-12(15)16)6-18-11-5-8(13)10(17-2)4-9(11)14/h3-5H,6H2,1-2H3,(H,15,16).